The maximum absolute atomic E-state index is 13.3. The van der Waals surface area contributed by atoms with Gasteiger partial charge >= 0.3 is 0 Å². The van der Waals surface area contributed by atoms with E-state index >= 15 is 0 Å². The van der Waals surface area contributed by atoms with Crippen molar-refractivity contribution >= 4 is 5.91 Å². The number of aryl methyl sites for hydroxylation is 1. The summed E-state index contributed by atoms with van der Waals surface area (Å²) in [4.78, 5) is 22.0. The average molecular weight is 456 g/mol. The molecule has 2 fully saturated rings. The predicted molar refractivity (Wildman–Crippen MR) is 135 cm³/mol. The Labute approximate surface area is 202 Å². The van der Waals surface area contributed by atoms with Crippen LogP contribution in [0.1, 0.15) is 40.2 Å². The van der Waals surface area contributed by atoms with Crippen LogP contribution in [0.2, 0.25) is 0 Å². The van der Waals surface area contributed by atoms with Gasteiger partial charge in [-0.3, -0.25) is 14.7 Å². The predicted octanol–water partition coefficient (Wildman–Crippen LogP) is 4.78. The highest BCUT2D eigenvalue weighted by Crippen LogP contribution is 2.42. The van der Waals surface area contributed by atoms with Crippen LogP contribution in [0.15, 0.2) is 73.1 Å². The zero-order valence-electron chi connectivity index (χ0n) is 20.1. The van der Waals surface area contributed by atoms with Gasteiger partial charge in [0.05, 0.1) is 6.61 Å². The number of carbonyl (C=O) groups excluding carboxylic acids is 1. The molecule has 3 heterocycles. The molecule has 0 N–H and O–H groups in total. The summed E-state index contributed by atoms with van der Waals surface area (Å²) in [6, 6.07) is 21.9. The van der Waals surface area contributed by atoms with Gasteiger partial charge in [0.25, 0.3) is 5.91 Å². The summed E-state index contributed by atoms with van der Waals surface area (Å²) in [5.74, 6) is 0.449. The molecule has 0 aliphatic carbocycles. The smallest absolute Gasteiger partial charge is 0.254 e. The molecule has 2 aromatic carbocycles. The van der Waals surface area contributed by atoms with Crippen molar-refractivity contribution in [2.75, 3.05) is 33.4 Å². The summed E-state index contributed by atoms with van der Waals surface area (Å²) in [6.45, 7) is 5.45. The molecule has 2 saturated heterocycles. The first-order chi connectivity index (χ1) is 16.7. The van der Waals surface area contributed by atoms with Crippen molar-refractivity contribution in [3.8, 4) is 11.1 Å². The molecular weight excluding hydrogens is 422 g/mol. The van der Waals surface area contributed by atoms with Crippen LogP contribution in [0, 0.1) is 6.92 Å². The van der Waals surface area contributed by atoms with Gasteiger partial charge in [0.2, 0.25) is 0 Å². The van der Waals surface area contributed by atoms with Gasteiger partial charge in [-0.15, -0.1) is 0 Å². The minimum atomic E-state index is 0.105. The lowest BCUT2D eigenvalue weighted by Gasteiger charge is -2.57. The standard InChI is InChI=1S/C29H33N3O2/c1-21-6-5-7-25(18-21)22-8-10-23(11-9-22)28-26-19-31(29(33)24-12-14-30-15-13-24)16-3-4-17-32(26)27(28)20-34-2/h5-15,18,26-28H,3-4,16-17,19-20H2,1-2H3/t26-,27-,28-/m1/s1. The summed E-state index contributed by atoms with van der Waals surface area (Å²) in [6.07, 6.45) is 5.51. The van der Waals surface area contributed by atoms with E-state index in [4.69, 9.17) is 4.74 Å². The SMILES string of the molecule is COC[C@@H]1[C@H](c2ccc(-c3cccc(C)c3)cc2)[C@H]2CN(C(=O)c3ccncc3)CCCCN12. The van der Waals surface area contributed by atoms with E-state index < -0.39 is 0 Å². The third-order valence-corrected chi connectivity index (χ3v) is 7.38. The van der Waals surface area contributed by atoms with Crippen LogP contribution in [0.5, 0.6) is 0 Å². The summed E-state index contributed by atoms with van der Waals surface area (Å²) in [5, 5.41) is 0. The molecule has 3 aromatic rings. The lowest BCUT2D eigenvalue weighted by molar-refractivity contribution is -0.0680. The second-order valence-corrected chi connectivity index (χ2v) is 9.54. The fraction of sp³-hybridized carbons (Fsp3) is 0.379. The number of amides is 1. The van der Waals surface area contributed by atoms with Gasteiger partial charge in [-0.25, -0.2) is 0 Å². The van der Waals surface area contributed by atoms with Gasteiger partial charge in [0.1, 0.15) is 0 Å². The molecule has 0 radical (unpaired) electrons. The van der Waals surface area contributed by atoms with Gasteiger partial charge < -0.3 is 9.64 Å². The number of carbonyl (C=O) groups is 1. The number of nitrogens with zero attached hydrogens (tertiary/aromatic N) is 3. The molecule has 5 rings (SSSR count). The second-order valence-electron chi connectivity index (χ2n) is 9.54. The van der Waals surface area contributed by atoms with Gasteiger partial charge in [-0.1, -0.05) is 54.1 Å². The molecule has 1 aromatic heterocycles. The van der Waals surface area contributed by atoms with Gasteiger partial charge in [0, 0.05) is 56.2 Å². The normalized spacial score (nSPS) is 22.9. The lowest BCUT2D eigenvalue weighted by atomic mass is 9.74. The van der Waals surface area contributed by atoms with E-state index in [1.165, 1.54) is 22.3 Å². The number of aromatic nitrogens is 1. The summed E-state index contributed by atoms with van der Waals surface area (Å²) < 4.78 is 5.64. The van der Waals surface area contributed by atoms with Crippen LogP contribution in [-0.4, -0.2) is 66.1 Å². The maximum atomic E-state index is 13.3. The summed E-state index contributed by atoms with van der Waals surface area (Å²) >= 11 is 0. The van der Waals surface area contributed by atoms with E-state index in [1.54, 1.807) is 19.5 Å². The number of benzene rings is 2. The molecule has 3 atom stereocenters. The maximum Gasteiger partial charge on any atom is 0.254 e. The first-order valence-electron chi connectivity index (χ1n) is 12.3. The number of hydrogen-bond acceptors (Lipinski definition) is 4. The molecule has 5 nitrogen and oxygen atoms in total. The molecule has 0 saturated carbocycles. The van der Waals surface area contributed by atoms with Crippen molar-refractivity contribution in [1.29, 1.82) is 0 Å². The highest BCUT2D eigenvalue weighted by Gasteiger charge is 2.49. The van der Waals surface area contributed by atoms with Crippen molar-refractivity contribution in [3.05, 3.63) is 89.7 Å². The minimum absolute atomic E-state index is 0.105. The van der Waals surface area contributed by atoms with E-state index in [2.05, 4.69) is 65.3 Å². The van der Waals surface area contributed by atoms with Crippen molar-refractivity contribution in [3.63, 3.8) is 0 Å². The summed E-state index contributed by atoms with van der Waals surface area (Å²) in [7, 11) is 1.79. The van der Waals surface area contributed by atoms with Crippen molar-refractivity contribution in [2.24, 2.45) is 0 Å². The van der Waals surface area contributed by atoms with E-state index in [0.29, 0.717) is 30.2 Å². The van der Waals surface area contributed by atoms with Crippen molar-refractivity contribution in [2.45, 2.75) is 37.8 Å². The molecule has 2 aliphatic heterocycles. The van der Waals surface area contributed by atoms with Crippen LogP contribution in [0.25, 0.3) is 11.1 Å². The Morgan fingerprint density at radius 1 is 1.00 bits per heavy atom. The third-order valence-electron chi connectivity index (χ3n) is 7.38. The zero-order valence-corrected chi connectivity index (χ0v) is 20.1. The van der Waals surface area contributed by atoms with E-state index in [-0.39, 0.29) is 5.91 Å². The number of hydrogen-bond donors (Lipinski definition) is 0. The zero-order chi connectivity index (χ0) is 23.5. The quantitative estimate of drug-likeness (QED) is 0.556. The Morgan fingerprint density at radius 2 is 1.76 bits per heavy atom. The number of ether oxygens (including phenoxy) is 1. The van der Waals surface area contributed by atoms with Crippen molar-refractivity contribution < 1.29 is 9.53 Å². The van der Waals surface area contributed by atoms with Gasteiger partial charge in [-0.05, 0) is 55.1 Å². The van der Waals surface area contributed by atoms with Crippen LogP contribution >= 0.6 is 0 Å². The second kappa shape index (κ2) is 10.1. The Hall–Kier alpha value is -3.02. The highest BCUT2D eigenvalue weighted by atomic mass is 16.5. The van der Waals surface area contributed by atoms with E-state index in [1.807, 2.05) is 17.0 Å². The Kier molecular flexibility index (Phi) is 6.75. The highest BCUT2D eigenvalue weighted by molar-refractivity contribution is 5.94. The Balaban J connectivity index is 1.40. The summed E-state index contributed by atoms with van der Waals surface area (Å²) in [5.41, 5.74) is 5.80. The fourth-order valence-corrected chi connectivity index (χ4v) is 5.68. The monoisotopic (exact) mass is 455 g/mol. The molecule has 34 heavy (non-hydrogen) atoms. The fourth-order valence-electron chi connectivity index (χ4n) is 5.68. The first-order valence-corrected chi connectivity index (χ1v) is 12.3. The molecule has 5 heteroatoms. The Morgan fingerprint density at radius 3 is 2.50 bits per heavy atom. The molecule has 0 unspecified atom stereocenters. The topological polar surface area (TPSA) is 45.7 Å². The van der Waals surface area contributed by atoms with E-state index in [0.717, 1.165) is 32.5 Å². The number of fused-ring (bicyclic) bond motifs is 1. The molecule has 2 aliphatic rings. The molecule has 176 valence electrons. The van der Waals surface area contributed by atoms with Gasteiger partial charge in [-0.2, -0.15) is 0 Å². The van der Waals surface area contributed by atoms with Gasteiger partial charge in [0.15, 0.2) is 0 Å². The van der Waals surface area contributed by atoms with Crippen LogP contribution < -0.4 is 0 Å². The van der Waals surface area contributed by atoms with E-state index in [9.17, 15) is 4.79 Å². The number of rotatable bonds is 5. The van der Waals surface area contributed by atoms with Crippen molar-refractivity contribution in [1.82, 2.24) is 14.8 Å². The first kappa shape index (κ1) is 22.8. The largest absolute Gasteiger partial charge is 0.383 e. The number of methoxy groups -OCH3 is 1. The molecular formula is C29H33N3O2. The average Bonchev–Trinajstić information content (AvgIpc) is 2.85. The minimum Gasteiger partial charge on any atom is -0.383 e. The molecule has 0 bridgehead atoms. The van der Waals surface area contributed by atoms with Crippen LogP contribution in [-0.2, 0) is 4.74 Å². The third kappa shape index (κ3) is 4.50. The van der Waals surface area contributed by atoms with Crippen LogP contribution in [0.3, 0.4) is 0 Å². The van der Waals surface area contributed by atoms with Crippen LogP contribution in [0.4, 0.5) is 0 Å². The lowest BCUT2D eigenvalue weighted by Crippen LogP contribution is -2.68. The molecule has 1 amide bonds. The Bertz CT molecular complexity index is 1120. The number of pyridine rings is 1. The molecule has 0 spiro atoms.